The van der Waals surface area contributed by atoms with Gasteiger partial charge in [-0.2, -0.15) is 0 Å². The Hall–Kier alpha value is -2.48. The summed E-state index contributed by atoms with van der Waals surface area (Å²) in [5.41, 5.74) is 1.97. The molecule has 24 heavy (non-hydrogen) atoms. The van der Waals surface area contributed by atoms with E-state index in [2.05, 4.69) is 33.2 Å². The van der Waals surface area contributed by atoms with Gasteiger partial charge in [-0.1, -0.05) is 76.8 Å². The van der Waals surface area contributed by atoms with Crippen LogP contribution in [0.1, 0.15) is 32.6 Å². The van der Waals surface area contributed by atoms with E-state index >= 15 is 0 Å². The third-order valence-corrected chi connectivity index (χ3v) is 3.68. The zero-order chi connectivity index (χ0) is 18.4. The molecule has 0 heterocycles. The smallest absolute Gasteiger partial charge is 0.114 e. The first kappa shape index (κ1) is 21.5. The average Bonchev–Trinajstić information content (AvgIpc) is 2.61. The van der Waals surface area contributed by atoms with Crippen LogP contribution in [0, 0.1) is 5.92 Å². The van der Waals surface area contributed by atoms with Crippen LogP contribution in [0.3, 0.4) is 0 Å². The van der Waals surface area contributed by atoms with Crippen molar-refractivity contribution in [2.75, 3.05) is 0 Å². The molecule has 0 amide bonds. The van der Waals surface area contributed by atoms with E-state index in [9.17, 15) is 10.2 Å². The highest BCUT2D eigenvalue weighted by molar-refractivity contribution is 5.38. The molecule has 2 nitrogen and oxygen atoms in total. The van der Waals surface area contributed by atoms with Gasteiger partial charge in [0, 0.05) is 5.92 Å². The monoisotopic (exact) mass is 326 g/mol. The van der Waals surface area contributed by atoms with Crippen molar-refractivity contribution in [3.63, 3.8) is 0 Å². The molecule has 0 spiro atoms. The fraction of sp³-hybridized carbons (Fsp3) is 0.273. The Morgan fingerprint density at radius 2 is 1.21 bits per heavy atom. The van der Waals surface area contributed by atoms with Crippen LogP contribution in [-0.2, 0) is 0 Å². The van der Waals surface area contributed by atoms with E-state index < -0.39 is 0 Å². The molecule has 0 aromatic heterocycles. The summed E-state index contributed by atoms with van der Waals surface area (Å²) < 4.78 is 0. The molecule has 0 aliphatic heterocycles. The minimum absolute atomic E-state index is 0.0919. The van der Waals surface area contributed by atoms with Gasteiger partial charge in [0.25, 0.3) is 0 Å². The third-order valence-electron chi connectivity index (χ3n) is 3.68. The van der Waals surface area contributed by atoms with Crippen molar-refractivity contribution < 1.29 is 10.2 Å². The van der Waals surface area contributed by atoms with Crippen LogP contribution in [0.4, 0.5) is 0 Å². The number of rotatable bonds is 12. The first-order valence-corrected chi connectivity index (χ1v) is 8.25. The molecule has 0 saturated carbocycles. The molecule has 0 radical (unpaired) electrons. The molecule has 0 unspecified atom stereocenters. The molecular weight excluding hydrogens is 296 g/mol. The molecule has 2 N–H and O–H groups in total. The highest BCUT2D eigenvalue weighted by Crippen LogP contribution is 2.28. The minimum atomic E-state index is 0.0919. The molecule has 2 heteroatoms. The molecule has 0 aliphatic carbocycles. The maximum Gasteiger partial charge on any atom is 0.114 e. The zero-order valence-corrected chi connectivity index (χ0v) is 14.7. The second kappa shape index (κ2) is 13.0. The van der Waals surface area contributed by atoms with Crippen molar-refractivity contribution in [1.29, 1.82) is 0 Å². The Bertz CT molecular complexity index is 511. The van der Waals surface area contributed by atoms with Gasteiger partial charge in [-0.25, -0.2) is 0 Å². The summed E-state index contributed by atoms with van der Waals surface area (Å²) in [6, 6.07) is 0. The van der Waals surface area contributed by atoms with Crippen LogP contribution in [0.15, 0.2) is 97.6 Å². The van der Waals surface area contributed by atoms with Gasteiger partial charge in [-0.3, -0.25) is 0 Å². The van der Waals surface area contributed by atoms with Crippen LogP contribution in [-0.4, -0.2) is 10.2 Å². The highest BCUT2D eigenvalue weighted by atomic mass is 16.3. The van der Waals surface area contributed by atoms with Gasteiger partial charge in [-0.05, 0) is 41.9 Å². The third kappa shape index (κ3) is 8.23. The van der Waals surface area contributed by atoms with Gasteiger partial charge >= 0.3 is 0 Å². The number of allylic oxidation sites excluding steroid dienone is 10. The molecule has 0 saturated heterocycles. The number of hydrogen-bond donors (Lipinski definition) is 2. The van der Waals surface area contributed by atoms with E-state index in [-0.39, 0.29) is 17.4 Å². The van der Waals surface area contributed by atoms with Crippen molar-refractivity contribution in [2.45, 2.75) is 32.6 Å². The van der Waals surface area contributed by atoms with Crippen LogP contribution in [0.25, 0.3) is 0 Å². The summed E-state index contributed by atoms with van der Waals surface area (Å²) in [4.78, 5) is 0. The number of aliphatic hydroxyl groups is 2. The van der Waals surface area contributed by atoms with E-state index in [1.54, 1.807) is 24.3 Å². The van der Waals surface area contributed by atoms with Crippen molar-refractivity contribution in [3.05, 3.63) is 97.6 Å². The Labute approximate surface area is 146 Å². The fourth-order valence-electron chi connectivity index (χ4n) is 2.28. The number of hydrogen-bond acceptors (Lipinski definition) is 2. The normalized spacial score (nSPS) is 14.9. The lowest BCUT2D eigenvalue weighted by molar-refractivity contribution is 0.432. The van der Waals surface area contributed by atoms with Crippen molar-refractivity contribution in [3.8, 4) is 0 Å². The molecule has 0 aromatic rings. The summed E-state index contributed by atoms with van der Waals surface area (Å²) in [6.45, 7) is 17.0. The summed E-state index contributed by atoms with van der Waals surface area (Å²) >= 11 is 0. The highest BCUT2D eigenvalue weighted by Gasteiger charge is 2.14. The van der Waals surface area contributed by atoms with Crippen molar-refractivity contribution >= 4 is 0 Å². The van der Waals surface area contributed by atoms with Crippen LogP contribution >= 0.6 is 0 Å². The summed E-state index contributed by atoms with van der Waals surface area (Å²) in [7, 11) is 0. The summed E-state index contributed by atoms with van der Waals surface area (Å²) in [5.74, 6) is 0.305. The maximum absolute atomic E-state index is 9.58. The Morgan fingerprint density at radius 1 is 0.750 bits per heavy atom. The Morgan fingerprint density at radius 3 is 1.54 bits per heavy atom. The standard InChI is InChI=1S/C22H30O2/c1-6-11-12-13-22(18(7-2)14-16-20(23)9-4)19(8-3)15-17-21(24)10-5/h7-10,14-17,22-24H,2-6,11-13H2,1H3/b18-14+,19-15+,20-16+,21-17+. The van der Waals surface area contributed by atoms with E-state index in [4.69, 9.17) is 0 Å². The van der Waals surface area contributed by atoms with Crippen LogP contribution in [0.2, 0.25) is 0 Å². The van der Waals surface area contributed by atoms with E-state index in [0.717, 1.165) is 36.8 Å². The SMILES string of the molecule is C=C/C(O)=C\C=C(/C=C)C(CCCCC)/C(C=C)=C/C=C(/O)C=C. The molecule has 0 rings (SSSR count). The topological polar surface area (TPSA) is 40.5 Å². The molecule has 130 valence electrons. The van der Waals surface area contributed by atoms with E-state index in [1.165, 1.54) is 12.2 Å². The average molecular weight is 326 g/mol. The van der Waals surface area contributed by atoms with E-state index in [0.29, 0.717) is 0 Å². The number of unbranched alkanes of at least 4 members (excludes halogenated alkanes) is 2. The molecule has 0 aliphatic rings. The second-order valence-electron chi connectivity index (χ2n) is 5.38. The maximum atomic E-state index is 9.58. The van der Waals surface area contributed by atoms with Gasteiger partial charge in [0.05, 0.1) is 0 Å². The lowest BCUT2D eigenvalue weighted by atomic mass is 9.85. The lowest BCUT2D eigenvalue weighted by Gasteiger charge is -2.19. The van der Waals surface area contributed by atoms with Gasteiger partial charge in [0.1, 0.15) is 11.5 Å². The largest absolute Gasteiger partial charge is 0.508 e. The first-order chi connectivity index (χ1) is 11.5. The van der Waals surface area contributed by atoms with E-state index in [1.807, 2.05) is 12.2 Å². The minimum Gasteiger partial charge on any atom is -0.508 e. The van der Waals surface area contributed by atoms with Crippen molar-refractivity contribution in [1.82, 2.24) is 0 Å². The predicted octanol–water partition coefficient (Wildman–Crippen LogP) is 6.66. The Kier molecular flexibility index (Phi) is 11.7. The zero-order valence-electron chi connectivity index (χ0n) is 14.7. The first-order valence-electron chi connectivity index (χ1n) is 8.25. The molecular formula is C22H30O2. The van der Waals surface area contributed by atoms with Gasteiger partial charge < -0.3 is 10.2 Å². The fourth-order valence-corrected chi connectivity index (χ4v) is 2.28. The molecule has 0 fully saturated rings. The number of aliphatic hydroxyl groups excluding tert-OH is 2. The van der Waals surface area contributed by atoms with Gasteiger partial charge in [0.2, 0.25) is 0 Å². The molecule has 0 atom stereocenters. The Balaban J connectivity index is 5.75. The van der Waals surface area contributed by atoms with Crippen LogP contribution in [0.5, 0.6) is 0 Å². The summed E-state index contributed by atoms with van der Waals surface area (Å²) in [6.07, 6.45) is 17.6. The van der Waals surface area contributed by atoms with Gasteiger partial charge in [-0.15, -0.1) is 0 Å². The van der Waals surface area contributed by atoms with Gasteiger partial charge in [0.15, 0.2) is 0 Å². The molecule has 0 bridgehead atoms. The quantitative estimate of drug-likeness (QED) is 0.239. The lowest BCUT2D eigenvalue weighted by Crippen LogP contribution is -2.06. The molecule has 0 aromatic carbocycles. The van der Waals surface area contributed by atoms with Crippen LogP contribution < -0.4 is 0 Å². The summed E-state index contributed by atoms with van der Waals surface area (Å²) in [5, 5.41) is 19.2. The van der Waals surface area contributed by atoms with Crippen molar-refractivity contribution in [2.24, 2.45) is 5.92 Å². The predicted molar refractivity (Wildman–Crippen MR) is 106 cm³/mol. The second-order valence-corrected chi connectivity index (χ2v) is 5.38.